The normalized spacial score (nSPS) is 29.0. The first-order valence-electron chi connectivity index (χ1n) is 4.61. The zero-order chi connectivity index (χ0) is 8.39. The number of ether oxygens (including phenoxy) is 1. The molecule has 2 nitrogen and oxygen atoms in total. The lowest BCUT2D eigenvalue weighted by molar-refractivity contribution is -0.0389. The van der Waals surface area contributed by atoms with E-state index in [1.807, 2.05) is 6.20 Å². The highest BCUT2D eigenvalue weighted by Crippen LogP contribution is 2.23. The molecular weight excluding hydrogens is 149 g/mol. The Balaban J connectivity index is 1.79. The van der Waals surface area contributed by atoms with Crippen molar-refractivity contribution >= 4 is 7.85 Å². The summed E-state index contributed by atoms with van der Waals surface area (Å²) in [5.41, 5.74) is 1.25. The maximum absolute atomic E-state index is 5.73. The van der Waals surface area contributed by atoms with Gasteiger partial charge in [0.05, 0.1) is 6.10 Å². The summed E-state index contributed by atoms with van der Waals surface area (Å²) >= 11 is 0. The Morgan fingerprint density at radius 1 is 1.50 bits per heavy atom. The van der Waals surface area contributed by atoms with Gasteiger partial charge in [-0.2, -0.15) is 0 Å². The first-order valence-corrected chi connectivity index (χ1v) is 4.61. The Morgan fingerprint density at radius 3 is 2.83 bits per heavy atom. The maximum atomic E-state index is 5.73. The molecule has 1 aliphatic heterocycles. The molecule has 1 aliphatic carbocycles. The SMILES string of the molecule is BC1=CNC(OC2CCC2)C=C1. The second kappa shape index (κ2) is 3.36. The Morgan fingerprint density at radius 2 is 2.33 bits per heavy atom. The van der Waals surface area contributed by atoms with Gasteiger partial charge in [-0.1, -0.05) is 11.5 Å². The number of allylic oxidation sites excluding steroid dienone is 2. The quantitative estimate of drug-likeness (QED) is 0.599. The van der Waals surface area contributed by atoms with Gasteiger partial charge < -0.3 is 10.1 Å². The monoisotopic (exact) mass is 163 g/mol. The molecule has 0 aromatic rings. The van der Waals surface area contributed by atoms with Gasteiger partial charge in [-0.3, -0.25) is 0 Å². The van der Waals surface area contributed by atoms with Crippen molar-refractivity contribution in [3.05, 3.63) is 23.8 Å². The molecular formula is C9H14BNO. The number of rotatable bonds is 2. The summed E-state index contributed by atoms with van der Waals surface area (Å²) in [6, 6.07) is 0. The van der Waals surface area contributed by atoms with Crippen molar-refractivity contribution in [2.75, 3.05) is 0 Å². The number of hydrogen-bond donors (Lipinski definition) is 1. The molecule has 1 unspecified atom stereocenters. The molecule has 1 N–H and O–H groups in total. The van der Waals surface area contributed by atoms with Crippen LogP contribution < -0.4 is 5.32 Å². The van der Waals surface area contributed by atoms with Gasteiger partial charge in [0.2, 0.25) is 0 Å². The minimum atomic E-state index is 0.110. The van der Waals surface area contributed by atoms with Crippen LogP contribution in [-0.4, -0.2) is 20.2 Å². The summed E-state index contributed by atoms with van der Waals surface area (Å²) in [6.45, 7) is 0. The molecule has 0 aromatic carbocycles. The van der Waals surface area contributed by atoms with Crippen LogP contribution in [0.25, 0.3) is 0 Å². The first-order chi connectivity index (χ1) is 5.84. The van der Waals surface area contributed by atoms with E-state index in [0.717, 1.165) is 0 Å². The molecule has 1 heterocycles. The summed E-state index contributed by atoms with van der Waals surface area (Å²) in [6.07, 6.45) is 10.6. The highest BCUT2D eigenvalue weighted by atomic mass is 16.5. The molecule has 0 aromatic heterocycles. The second-order valence-electron chi connectivity index (χ2n) is 3.52. The van der Waals surface area contributed by atoms with E-state index in [2.05, 4.69) is 25.3 Å². The average Bonchev–Trinajstić information content (AvgIpc) is 2.00. The third kappa shape index (κ3) is 1.72. The van der Waals surface area contributed by atoms with Crippen LogP contribution in [0.15, 0.2) is 23.8 Å². The molecule has 1 atom stereocenters. The number of dihydropyridines is 1. The summed E-state index contributed by atoms with van der Waals surface area (Å²) in [5, 5.41) is 3.20. The second-order valence-corrected chi connectivity index (χ2v) is 3.52. The summed E-state index contributed by atoms with van der Waals surface area (Å²) in [4.78, 5) is 0. The molecule has 64 valence electrons. The van der Waals surface area contributed by atoms with Gasteiger partial charge in [-0.05, 0) is 31.5 Å². The highest BCUT2D eigenvalue weighted by Gasteiger charge is 2.21. The molecule has 1 saturated carbocycles. The Kier molecular flexibility index (Phi) is 2.22. The molecule has 0 saturated heterocycles. The van der Waals surface area contributed by atoms with Gasteiger partial charge in [0.1, 0.15) is 14.1 Å². The fourth-order valence-corrected chi connectivity index (χ4v) is 1.36. The number of hydrogen-bond acceptors (Lipinski definition) is 2. The molecule has 0 radical (unpaired) electrons. The number of nitrogens with one attached hydrogen (secondary N) is 1. The van der Waals surface area contributed by atoms with Crippen LogP contribution in [0.4, 0.5) is 0 Å². The van der Waals surface area contributed by atoms with E-state index in [4.69, 9.17) is 4.74 Å². The van der Waals surface area contributed by atoms with Crippen LogP contribution in [0.2, 0.25) is 0 Å². The zero-order valence-electron chi connectivity index (χ0n) is 7.42. The largest absolute Gasteiger partial charge is 0.364 e. The molecule has 2 rings (SSSR count). The van der Waals surface area contributed by atoms with Crippen molar-refractivity contribution in [1.29, 1.82) is 0 Å². The van der Waals surface area contributed by atoms with E-state index >= 15 is 0 Å². The van der Waals surface area contributed by atoms with Crippen molar-refractivity contribution in [1.82, 2.24) is 5.32 Å². The van der Waals surface area contributed by atoms with Crippen LogP contribution in [-0.2, 0) is 4.74 Å². The molecule has 0 amide bonds. The van der Waals surface area contributed by atoms with E-state index in [9.17, 15) is 0 Å². The molecule has 0 spiro atoms. The van der Waals surface area contributed by atoms with Crippen molar-refractivity contribution in [3.8, 4) is 0 Å². The van der Waals surface area contributed by atoms with E-state index in [0.29, 0.717) is 6.10 Å². The van der Waals surface area contributed by atoms with Gasteiger partial charge in [0, 0.05) is 0 Å². The van der Waals surface area contributed by atoms with Crippen molar-refractivity contribution < 1.29 is 4.74 Å². The predicted molar refractivity (Wildman–Crippen MR) is 51.4 cm³/mol. The maximum Gasteiger partial charge on any atom is 0.147 e. The first kappa shape index (κ1) is 7.93. The van der Waals surface area contributed by atoms with Gasteiger partial charge in [-0.15, -0.1) is 0 Å². The van der Waals surface area contributed by atoms with Gasteiger partial charge in [0.15, 0.2) is 0 Å². The lowest BCUT2D eigenvalue weighted by Gasteiger charge is -2.30. The van der Waals surface area contributed by atoms with Gasteiger partial charge in [-0.25, -0.2) is 0 Å². The average molecular weight is 163 g/mol. The third-order valence-electron chi connectivity index (χ3n) is 2.40. The van der Waals surface area contributed by atoms with Crippen LogP contribution in [0.3, 0.4) is 0 Å². The van der Waals surface area contributed by atoms with Crippen molar-refractivity contribution in [3.63, 3.8) is 0 Å². The van der Waals surface area contributed by atoms with Crippen molar-refractivity contribution in [2.45, 2.75) is 31.6 Å². The Labute approximate surface area is 74.1 Å². The summed E-state index contributed by atoms with van der Waals surface area (Å²) < 4.78 is 5.73. The third-order valence-corrected chi connectivity index (χ3v) is 2.40. The molecule has 0 bridgehead atoms. The lowest BCUT2D eigenvalue weighted by atomic mass is 9.94. The molecule has 1 fully saturated rings. The summed E-state index contributed by atoms with van der Waals surface area (Å²) in [5.74, 6) is 0. The van der Waals surface area contributed by atoms with Crippen LogP contribution in [0, 0.1) is 0 Å². The lowest BCUT2D eigenvalue weighted by Crippen LogP contribution is -2.35. The zero-order valence-corrected chi connectivity index (χ0v) is 7.42. The molecule has 2 aliphatic rings. The van der Waals surface area contributed by atoms with E-state index in [1.54, 1.807) is 0 Å². The minimum Gasteiger partial charge on any atom is -0.364 e. The van der Waals surface area contributed by atoms with Gasteiger partial charge >= 0.3 is 0 Å². The van der Waals surface area contributed by atoms with E-state index in [1.165, 1.54) is 24.7 Å². The predicted octanol–water partition coefficient (Wildman–Crippen LogP) is 0.515. The summed E-state index contributed by atoms with van der Waals surface area (Å²) in [7, 11) is 2.07. The van der Waals surface area contributed by atoms with E-state index < -0.39 is 0 Å². The Hall–Kier alpha value is -0.695. The standard InChI is InChI=1S/C9H14BNO/c10-7-4-5-9(11-6-7)12-8-2-1-3-8/h4-6,8-9,11H,1-3,10H2. The highest BCUT2D eigenvalue weighted by molar-refractivity contribution is 6.23. The smallest absolute Gasteiger partial charge is 0.147 e. The van der Waals surface area contributed by atoms with Crippen LogP contribution in [0.1, 0.15) is 19.3 Å². The fourth-order valence-electron chi connectivity index (χ4n) is 1.36. The minimum absolute atomic E-state index is 0.110. The molecule has 3 heteroatoms. The van der Waals surface area contributed by atoms with Crippen LogP contribution >= 0.6 is 0 Å². The fraction of sp³-hybridized carbons (Fsp3) is 0.556. The van der Waals surface area contributed by atoms with Gasteiger partial charge in [0.25, 0.3) is 0 Å². The van der Waals surface area contributed by atoms with Crippen LogP contribution in [0.5, 0.6) is 0 Å². The Bertz CT molecular complexity index is 221. The van der Waals surface area contributed by atoms with E-state index in [-0.39, 0.29) is 6.23 Å². The topological polar surface area (TPSA) is 21.3 Å². The van der Waals surface area contributed by atoms with Crippen molar-refractivity contribution in [2.24, 2.45) is 0 Å². The molecule has 12 heavy (non-hydrogen) atoms.